The number of fused-ring (bicyclic) bond motifs is 1. The van der Waals surface area contributed by atoms with E-state index < -0.39 is 17.6 Å². The Hall–Kier alpha value is -4.88. The molecule has 10 nitrogen and oxygen atoms in total. The average molecular weight is 602 g/mol. The minimum atomic E-state index is -4.56. The molecule has 2 aromatic carbocycles. The number of aromatic nitrogens is 5. The highest BCUT2D eigenvalue weighted by Gasteiger charge is 2.34. The van der Waals surface area contributed by atoms with E-state index in [1.807, 2.05) is 18.9 Å². The summed E-state index contributed by atoms with van der Waals surface area (Å²) in [6.45, 7) is 5.06. The smallest absolute Gasteiger partial charge is 0.340 e. The van der Waals surface area contributed by atoms with E-state index in [2.05, 4.69) is 40.5 Å². The first-order valence-corrected chi connectivity index (χ1v) is 14.1. The first kappa shape index (κ1) is 29.2. The fourth-order valence-corrected chi connectivity index (χ4v) is 5.09. The zero-order valence-electron chi connectivity index (χ0n) is 24.1. The lowest BCUT2D eigenvalue weighted by atomic mass is 10.0. The second kappa shape index (κ2) is 12.0. The molecule has 1 aliphatic heterocycles. The maximum absolute atomic E-state index is 14.1. The van der Waals surface area contributed by atoms with Gasteiger partial charge in [-0.25, -0.2) is 15.0 Å². The highest BCUT2D eigenvalue weighted by molar-refractivity contribution is 6.05. The Morgan fingerprint density at radius 2 is 1.77 bits per heavy atom. The van der Waals surface area contributed by atoms with Gasteiger partial charge in [0.1, 0.15) is 5.52 Å². The van der Waals surface area contributed by atoms with Crippen molar-refractivity contribution in [3.8, 4) is 11.4 Å². The number of carbonyl (C=O) groups is 1. The number of H-pyrrole nitrogens is 1. The molecule has 0 saturated carbocycles. The number of aryl methyl sites for hydroxylation is 1. The van der Waals surface area contributed by atoms with Crippen molar-refractivity contribution in [1.82, 2.24) is 34.7 Å². The number of hydrogen-bond acceptors (Lipinski definition) is 8. The maximum Gasteiger partial charge on any atom is 0.416 e. The summed E-state index contributed by atoms with van der Waals surface area (Å²) in [5, 5.41) is 5.91. The molecule has 1 fully saturated rings. The van der Waals surface area contributed by atoms with Gasteiger partial charge >= 0.3 is 6.18 Å². The van der Waals surface area contributed by atoms with Crippen LogP contribution in [-0.4, -0.2) is 73.9 Å². The highest BCUT2D eigenvalue weighted by Crippen LogP contribution is 2.35. The van der Waals surface area contributed by atoms with Crippen LogP contribution in [-0.2, 0) is 12.7 Å². The van der Waals surface area contributed by atoms with Crippen molar-refractivity contribution in [1.29, 1.82) is 0 Å². The quantitative estimate of drug-likeness (QED) is 0.225. The Morgan fingerprint density at radius 3 is 2.52 bits per heavy atom. The average Bonchev–Trinajstić information content (AvgIpc) is 3.49. The van der Waals surface area contributed by atoms with Crippen LogP contribution in [0.5, 0.6) is 0 Å². The van der Waals surface area contributed by atoms with Crippen LogP contribution >= 0.6 is 0 Å². The molecule has 4 heterocycles. The van der Waals surface area contributed by atoms with Crippen LogP contribution < -0.4 is 10.6 Å². The summed E-state index contributed by atoms with van der Waals surface area (Å²) >= 11 is 0. The van der Waals surface area contributed by atoms with Crippen molar-refractivity contribution in [3.63, 3.8) is 0 Å². The summed E-state index contributed by atoms with van der Waals surface area (Å²) in [5.74, 6) is 0.350. The number of likely N-dealkylation sites (N-methyl/N-ethyl adjacent to an activating group) is 1. The predicted molar refractivity (Wildman–Crippen MR) is 162 cm³/mol. The Bertz CT molecular complexity index is 1800. The molecule has 0 aliphatic carbocycles. The van der Waals surface area contributed by atoms with Crippen LogP contribution in [0.3, 0.4) is 0 Å². The van der Waals surface area contributed by atoms with Crippen molar-refractivity contribution < 1.29 is 18.0 Å². The second-order valence-electron chi connectivity index (χ2n) is 10.8. The van der Waals surface area contributed by atoms with Gasteiger partial charge in [-0.2, -0.15) is 13.2 Å². The molecule has 0 bridgehead atoms. The molecule has 0 unspecified atom stereocenters. The van der Waals surface area contributed by atoms with Gasteiger partial charge in [-0.3, -0.25) is 14.7 Å². The van der Waals surface area contributed by atoms with Crippen LogP contribution in [0.1, 0.15) is 27.0 Å². The highest BCUT2D eigenvalue weighted by atomic mass is 19.4. The second-order valence-corrected chi connectivity index (χ2v) is 10.8. The summed E-state index contributed by atoms with van der Waals surface area (Å²) in [6.07, 6.45) is 0.245. The van der Waals surface area contributed by atoms with Gasteiger partial charge in [-0.1, -0.05) is 12.1 Å². The molecule has 3 N–H and O–H groups in total. The number of benzene rings is 2. The van der Waals surface area contributed by atoms with Crippen molar-refractivity contribution >= 4 is 34.3 Å². The van der Waals surface area contributed by atoms with E-state index in [9.17, 15) is 18.0 Å². The van der Waals surface area contributed by atoms with Crippen molar-refractivity contribution in [2.24, 2.45) is 0 Å². The fraction of sp³-hybridized carbons (Fsp3) is 0.258. The summed E-state index contributed by atoms with van der Waals surface area (Å²) in [7, 11) is 2.00. The fourth-order valence-electron chi connectivity index (χ4n) is 5.09. The monoisotopic (exact) mass is 601 g/mol. The van der Waals surface area contributed by atoms with E-state index in [1.54, 1.807) is 42.7 Å². The molecule has 5 aromatic rings. The molecule has 3 aromatic heterocycles. The zero-order valence-corrected chi connectivity index (χ0v) is 24.1. The van der Waals surface area contributed by atoms with Gasteiger partial charge in [0.05, 0.1) is 11.9 Å². The Balaban J connectivity index is 1.24. The summed E-state index contributed by atoms with van der Waals surface area (Å²) in [6, 6.07) is 12.6. The third-order valence-corrected chi connectivity index (χ3v) is 7.64. The summed E-state index contributed by atoms with van der Waals surface area (Å²) < 4.78 is 42.2. The normalized spacial score (nSPS) is 14.6. The van der Waals surface area contributed by atoms with Gasteiger partial charge in [-0.05, 0) is 61.5 Å². The van der Waals surface area contributed by atoms with E-state index in [0.29, 0.717) is 41.6 Å². The number of imidazole rings is 1. The number of halogens is 3. The summed E-state index contributed by atoms with van der Waals surface area (Å²) in [4.78, 5) is 38.0. The number of amides is 1. The van der Waals surface area contributed by atoms with Crippen LogP contribution in [0.25, 0.3) is 22.6 Å². The number of aromatic amines is 1. The third kappa shape index (κ3) is 6.38. The minimum Gasteiger partial charge on any atom is -0.340 e. The number of piperazine rings is 1. The number of nitrogens with one attached hydrogen (secondary N) is 3. The van der Waals surface area contributed by atoms with E-state index in [0.717, 1.165) is 30.3 Å². The molecule has 0 spiro atoms. The molecule has 6 rings (SSSR count). The van der Waals surface area contributed by atoms with Gasteiger partial charge in [0.25, 0.3) is 5.91 Å². The van der Waals surface area contributed by atoms with Gasteiger partial charge in [0.15, 0.2) is 17.3 Å². The molecule has 0 radical (unpaired) electrons. The first-order valence-electron chi connectivity index (χ1n) is 14.1. The number of carbonyl (C=O) groups excluding carboxylic acids is 1. The van der Waals surface area contributed by atoms with E-state index in [-0.39, 0.29) is 23.4 Å². The van der Waals surface area contributed by atoms with E-state index in [1.165, 1.54) is 18.5 Å². The number of pyridine rings is 1. The Morgan fingerprint density at radius 1 is 1.00 bits per heavy atom. The SMILES string of the molecule is Cc1ccc(C(=O)Nc2ccc(CN3CCN(C)CC3)c(C(F)(F)F)c2)cc1Nc1nc(-c2ccncc2)nc2nc[nH]c12. The maximum atomic E-state index is 14.1. The van der Waals surface area contributed by atoms with Crippen LogP contribution in [0.4, 0.5) is 30.4 Å². The Kier molecular flexibility index (Phi) is 7.97. The van der Waals surface area contributed by atoms with Crippen LogP contribution in [0.2, 0.25) is 0 Å². The molecular weight excluding hydrogens is 571 g/mol. The van der Waals surface area contributed by atoms with Crippen LogP contribution in [0, 0.1) is 6.92 Å². The number of nitrogens with zero attached hydrogens (tertiary/aromatic N) is 6. The molecule has 1 aliphatic rings. The lowest BCUT2D eigenvalue weighted by Crippen LogP contribution is -2.44. The third-order valence-electron chi connectivity index (χ3n) is 7.64. The van der Waals surface area contributed by atoms with E-state index >= 15 is 0 Å². The number of anilines is 3. The van der Waals surface area contributed by atoms with Crippen molar-refractivity contribution in [2.75, 3.05) is 43.9 Å². The molecule has 0 atom stereocenters. The molecule has 1 saturated heterocycles. The molecule has 44 heavy (non-hydrogen) atoms. The van der Waals surface area contributed by atoms with Gasteiger partial charge in [-0.15, -0.1) is 0 Å². The number of rotatable bonds is 7. The molecule has 13 heteroatoms. The lowest BCUT2D eigenvalue weighted by molar-refractivity contribution is -0.138. The van der Waals surface area contributed by atoms with Gasteiger partial charge in [0.2, 0.25) is 0 Å². The van der Waals surface area contributed by atoms with Crippen molar-refractivity contribution in [2.45, 2.75) is 19.6 Å². The Labute approximate surface area is 251 Å². The van der Waals surface area contributed by atoms with Crippen LogP contribution in [0.15, 0.2) is 67.3 Å². The topological polar surface area (TPSA) is 115 Å². The number of alkyl halides is 3. The summed E-state index contributed by atoms with van der Waals surface area (Å²) in [5.41, 5.74) is 2.96. The first-order chi connectivity index (χ1) is 21.1. The molecule has 1 amide bonds. The van der Waals surface area contributed by atoms with Crippen molar-refractivity contribution in [3.05, 3.63) is 89.5 Å². The van der Waals surface area contributed by atoms with Gasteiger partial charge in [0, 0.05) is 67.6 Å². The van der Waals surface area contributed by atoms with E-state index in [4.69, 9.17) is 0 Å². The zero-order chi connectivity index (χ0) is 30.8. The largest absolute Gasteiger partial charge is 0.416 e. The predicted octanol–water partition coefficient (Wildman–Crippen LogP) is 5.49. The molecular formula is C31H30F3N9O. The van der Waals surface area contributed by atoms with Gasteiger partial charge < -0.3 is 20.5 Å². The number of hydrogen-bond donors (Lipinski definition) is 3. The lowest BCUT2D eigenvalue weighted by Gasteiger charge is -2.33. The minimum absolute atomic E-state index is 0.0662. The standard InChI is InChI=1S/C31H30F3N9O/c1-19-3-4-21(15-25(19)39-29-26-28(37-18-36-26)40-27(41-29)20-7-9-35-10-8-20)30(44)38-23-6-5-22(24(16-23)31(32,33)34)17-43-13-11-42(2)12-14-43/h3-10,15-16,18H,11-14,17H2,1-2H3,(H,38,44)(H2,36,37,39,40,41). The molecule has 226 valence electrons.